The van der Waals surface area contributed by atoms with E-state index < -0.39 is 10.0 Å². The van der Waals surface area contributed by atoms with Crippen molar-refractivity contribution in [3.8, 4) is 0 Å². The molecule has 6 heteroatoms. The zero-order chi connectivity index (χ0) is 13.9. The number of nitrogens with one attached hydrogen (secondary N) is 1. The normalized spacial score (nSPS) is 11.4. The first-order valence-electron chi connectivity index (χ1n) is 5.58. The zero-order valence-corrected chi connectivity index (χ0v) is 11.6. The number of halogens is 1. The highest BCUT2D eigenvalue weighted by Crippen LogP contribution is 2.23. The molecule has 3 N–H and O–H groups in total. The van der Waals surface area contributed by atoms with E-state index in [1.54, 1.807) is 6.07 Å². The molecular formula is C13H13ClN2O2S. The fourth-order valence-electron chi connectivity index (χ4n) is 1.58. The first-order chi connectivity index (χ1) is 8.99. The van der Waals surface area contributed by atoms with Crippen LogP contribution in [0.1, 0.15) is 5.56 Å². The third-order valence-electron chi connectivity index (χ3n) is 2.55. The molecule has 0 radical (unpaired) electrons. The summed E-state index contributed by atoms with van der Waals surface area (Å²) in [6.07, 6.45) is 0. The van der Waals surface area contributed by atoms with E-state index in [0.717, 1.165) is 5.56 Å². The molecule has 0 atom stereocenters. The molecule has 2 rings (SSSR count). The van der Waals surface area contributed by atoms with Crippen LogP contribution in [0.3, 0.4) is 0 Å². The van der Waals surface area contributed by atoms with Gasteiger partial charge in [-0.25, -0.2) is 13.1 Å². The van der Waals surface area contributed by atoms with Gasteiger partial charge >= 0.3 is 0 Å². The molecule has 0 saturated heterocycles. The number of rotatable bonds is 4. The summed E-state index contributed by atoms with van der Waals surface area (Å²) in [6.45, 7) is 0.203. The van der Waals surface area contributed by atoms with Gasteiger partial charge in [0.05, 0.1) is 5.02 Å². The van der Waals surface area contributed by atoms with Crippen molar-refractivity contribution in [1.29, 1.82) is 0 Å². The second-order valence-electron chi connectivity index (χ2n) is 4.00. The van der Waals surface area contributed by atoms with Crippen LogP contribution in [0.25, 0.3) is 0 Å². The summed E-state index contributed by atoms with van der Waals surface area (Å²) >= 11 is 5.89. The van der Waals surface area contributed by atoms with E-state index in [1.165, 1.54) is 12.1 Å². The van der Waals surface area contributed by atoms with Gasteiger partial charge in [-0.15, -0.1) is 0 Å². The highest BCUT2D eigenvalue weighted by molar-refractivity contribution is 7.89. The van der Waals surface area contributed by atoms with Crippen molar-refractivity contribution in [3.05, 3.63) is 59.1 Å². The summed E-state index contributed by atoms with van der Waals surface area (Å²) in [7, 11) is -3.67. The van der Waals surface area contributed by atoms with Crippen molar-refractivity contribution in [1.82, 2.24) is 4.72 Å². The molecule has 0 saturated carbocycles. The van der Waals surface area contributed by atoms with Crippen LogP contribution >= 0.6 is 11.6 Å². The lowest BCUT2D eigenvalue weighted by Gasteiger charge is -2.09. The minimum Gasteiger partial charge on any atom is -0.399 e. The number of hydrogen-bond acceptors (Lipinski definition) is 3. The van der Waals surface area contributed by atoms with Gasteiger partial charge in [0.2, 0.25) is 10.0 Å². The molecule has 0 heterocycles. The lowest BCUT2D eigenvalue weighted by molar-refractivity contribution is 0.581. The summed E-state index contributed by atoms with van der Waals surface area (Å²) in [5, 5.41) is 0.148. The molecule has 2 aromatic carbocycles. The number of nitrogen functional groups attached to an aromatic ring is 1. The maximum Gasteiger partial charge on any atom is 0.242 e. The van der Waals surface area contributed by atoms with Gasteiger partial charge in [0.1, 0.15) is 4.90 Å². The zero-order valence-electron chi connectivity index (χ0n) is 10.0. The molecule has 0 amide bonds. The molecule has 0 spiro atoms. The van der Waals surface area contributed by atoms with Crippen LogP contribution in [0.4, 0.5) is 5.69 Å². The van der Waals surface area contributed by atoms with Crippen LogP contribution in [-0.4, -0.2) is 8.42 Å². The van der Waals surface area contributed by atoms with Crippen molar-refractivity contribution in [3.63, 3.8) is 0 Å². The quantitative estimate of drug-likeness (QED) is 0.851. The van der Waals surface area contributed by atoms with Crippen molar-refractivity contribution in [2.45, 2.75) is 11.4 Å². The Morgan fingerprint density at radius 2 is 1.79 bits per heavy atom. The van der Waals surface area contributed by atoms with E-state index in [2.05, 4.69) is 4.72 Å². The molecule has 2 aromatic rings. The molecule has 0 fully saturated rings. The minimum absolute atomic E-state index is 0.00917. The van der Waals surface area contributed by atoms with E-state index >= 15 is 0 Å². The lowest BCUT2D eigenvalue weighted by Crippen LogP contribution is -2.23. The van der Waals surface area contributed by atoms with E-state index in [0.29, 0.717) is 5.69 Å². The molecule has 4 nitrogen and oxygen atoms in total. The number of benzene rings is 2. The summed E-state index contributed by atoms with van der Waals surface area (Å²) in [4.78, 5) is -0.00917. The Morgan fingerprint density at radius 3 is 2.47 bits per heavy atom. The first kappa shape index (κ1) is 13.9. The predicted octanol–water partition coefficient (Wildman–Crippen LogP) is 2.40. The molecule has 0 aliphatic carbocycles. The molecule has 0 aliphatic rings. The van der Waals surface area contributed by atoms with Gasteiger partial charge in [0, 0.05) is 12.2 Å². The van der Waals surface area contributed by atoms with Gasteiger partial charge in [-0.3, -0.25) is 0 Å². The van der Waals surface area contributed by atoms with Crippen LogP contribution in [0.15, 0.2) is 53.4 Å². The molecule has 0 aromatic heterocycles. The van der Waals surface area contributed by atoms with Crippen LogP contribution in [-0.2, 0) is 16.6 Å². The number of sulfonamides is 1. The van der Waals surface area contributed by atoms with E-state index in [9.17, 15) is 8.42 Å². The number of hydrogen-bond donors (Lipinski definition) is 2. The first-order valence-corrected chi connectivity index (χ1v) is 7.44. The molecular weight excluding hydrogens is 284 g/mol. The minimum atomic E-state index is -3.67. The van der Waals surface area contributed by atoms with Crippen LogP contribution in [0, 0.1) is 0 Å². The fraction of sp³-hybridized carbons (Fsp3) is 0.0769. The molecule has 100 valence electrons. The Bertz CT molecular complexity index is 672. The van der Waals surface area contributed by atoms with Gasteiger partial charge in [0.25, 0.3) is 0 Å². The summed E-state index contributed by atoms with van der Waals surface area (Å²) in [5.41, 5.74) is 6.80. The van der Waals surface area contributed by atoms with Crippen molar-refractivity contribution < 1.29 is 8.42 Å². The predicted molar refractivity (Wildman–Crippen MR) is 76.3 cm³/mol. The van der Waals surface area contributed by atoms with Gasteiger partial charge in [-0.2, -0.15) is 0 Å². The van der Waals surface area contributed by atoms with Crippen LogP contribution in [0.2, 0.25) is 5.02 Å². The Balaban J connectivity index is 2.21. The van der Waals surface area contributed by atoms with E-state index in [-0.39, 0.29) is 16.5 Å². The molecule has 0 aliphatic heterocycles. The molecule has 19 heavy (non-hydrogen) atoms. The third-order valence-corrected chi connectivity index (χ3v) is 4.44. The Hall–Kier alpha value is -1.56. The smallest absolute Gasteiger partial charge is 0.242 e. The van der Waals surface area contributed by atoms with Crippen molar-refractivity contribution in [2.75, 3.05) is 5.73 Å². The Morgan fingerprint density at radius 1 is 1.11 bits per heavy atom. The van der Waals surface area contributed by atoms with E-state index in [1.807, 2.05) is 30.3 Å². The van der Waals surface area contributed by atoms with E-state index in [4.69, 9.17) is 17.3 Å². The average molecular weight is 297 g/mol. The summed E-state index contributed by atoms with van der Waals surface area (Å²) < 4.78 is 26.7. The third kappa shape index (κ3) is 3.47. The maximum atomic E-state index is 12.1. The van der Waals surface area contributed by atoms with Crippen LogP contribution < -0.4 is 10.5 Å². The topological polar surface area (TPSA) is 72.2 Å². The SMILES string of the molecule is Nc1ccc(Cl)c(S(=O)(=O)NCc2ccccc2)c1. The fourth-order valence-corrected chi connectivity index (χ4v) is 3.13. The van der Waals surface area contributed by atoms with Gasteiger partial charge < -0.3 is 5.73 Å². The standard InChI is InChI=1S/C13H13ClN2O2S/c14-12-7-6-11(15)8-13(12)19(17,18)16-9-10-4-2-1-3-5-10/h1-8,16H,9,15H2. The van der Waals surface area contributed by atoms with Crippen molar-refractivity contribution in [2.24, 2.45) is 0 Å². The van der Waals surface area contributed by atoms with Crippen LogP contribution in [0.5, 0.6) is 0 Å². The lowest BCUT2D eigenvalue weighted by atomic mass is 10.2. The summed E-state index contributed by atoms with van der Waals surface area (Å²) in [6, 6.07) is 13.6. The second kappa shape index (κ2) is 5.61. The highest BCUT2D eigenvalue weighted by Gasteiger charge is 2.17. The largest absolute Gasteiger partial charge is 0.399 e. The van der Waals surface area contributed by atoms with Gasteiger partial charge in [0.15, 0.2) is 0 Å². The highest BCUT2D eigenvalue weighted by atomic mass is 35.5. The average Bonchev–Trinajstić information content (AvgIpc) is 2.40. The van der Waals surface area contributed by atoms with Gasteiger partial charge in [-0.1, -0.05) is 41.9 Å². The van der Waals surface area contributed by atoms with Gasteiger partial charge in [-0.05, 0) is 23.8 Å². The number of anilines is 1. The Kier molecular flexibility index (Phi) is 4.09. The van der Waals surface area contributed by atoms with Crippen molar-refractivity contribution >= 4 is 27.3 Å². The monoisotopic (exact) mass is 296 g/mol. The summed E-state index contributed by atoms with van der Waals surface area (Å²) in [5.74, 6) is 0. The molecule has 0 bridgehead atoms. The second-order valence-corrected chi connectivity index (χ2v) is 6.14. The number of nitrogens with two attached hydrogens (primary N) is 1. The Labute approximate surface area is 117 Å². The molecule has 0 unspecified atom stereocenters. The maximum absolute atomic E-state index is 12.1.